The second-order valence-corrected chi connectivity index (χ2v) is 9.01. The molecule has 0 aliphatic carbocycles. The van der Waals surface area contributed by atoms with E-state index in [1.54, 1.807) is 6.92 Å². The normalized spacial score (nSPS) is 13.8. The van der Waals surface area contributed by atoms with E-state index >= 15 is 0 Å². The molecule has 2 amide bonds. The predicted molar refractivity (Wildman–Crippen MR) is 129 cm³/mol. The van der Waals surface area contributed by atoms with Gasteiger partial charge in [-0.1, -0.05) is 67.6 Å². The smallest absolute Gasteiger partial charge is 0.243 e. The van der Waals surface area contributed by atoms with Crippen molar-refractivity contribution in [3.63, 3.8) is 0 Å². The van der Waals surface area contributed by atoms with Gasteiger partial charge in [0.1, 0.15) is 5.54 Å². The first-order valence-corrected chi connectivity index (χ1v) is 11.6. The summed E-state index contributed by atoms with van der Waals surface area (Å²) in [5.74, 6) is -1.23. The Hall–Kier alpha value is -3.03. The van der Waals surface area contributed by atoms with Gasteiger partial charge in [-0.25, -0.2) is 4.98 Å². The topological polar surface area (TPSA) is 111 Å². The second-order valence-electron chi connectivity index (χ2n) is 7.92. The first kappa shape index (κ1) is 23.6. The monoisotopic (exact) mass is 450 g/mol. The number of benzene rings is 2. The van der Waals surface area contributed by atoms with Crippen molar-refractivity contribution in [2.24, 2.45) is 17.4 Å². The van der Waals surface area contributed by atoms with Crippen LogP contribution in [0.25, 0.3) is 10.4 Å². The molecule has 2 atom stereocenters. The first-order valence-electron chi connectivity index (χ1n) is 10.8. The fourth-order valence-corrected chi connectivity index (χ4v) is 5.12. The van der Waals surface area contributed by atoms with E-state index in [0.29, 0.717) is 6.42 Å². The molecule has 0 radical (unpaired) electrons. The number of hydrogen-bond acceptors (Lipinski definition) is 5. The average molecular weight is 451 g/mol. The Bertz CT molecular complexity index is 1050. The highest BCUT2D eigenvalue weighted by atomic mass is 32.1. The SMILES string of the molecule is CCC(=O)NC(Cc1nc(C)c(-c2ccccc2)s1)(C(N)=O)[C@H](CN)Cc1ccccc1. The van der Waals surface area contributed by atoms with Crippen LogP contribution < -0.4 is 16.8 Å². The highest BCUT2D eigenvalue weighted by Crippen LogP contribution is 2.34. The summed E-state index contributed by atoms with van der Waals surface area (Å²) in [5.41, 5.74) is 13.8. The van der Waals surface area contributed by atoms with Crippen LogP contribution in [0.3, 0.4) is 0 Å². The van der Waals surface area contributed by atoms with Gasteiger partial charge >= 0.3 is 0 Å². The number of carbonyl (C=O) groups is 2. The van der Waals surface area contributed by atoms with Gasteiger partial charge < -0.3 is 16.8 Å². The fourth-order valence-electron chi connectivity index (χ4n) is 3.96. The predicted octanol–water partition coefficient (Wildman–Crippen LogP) is 3.23. The number of nitrogens with two attached hydrogens (primary N) is 2. The van der Waals surface area contributed by atoms with Gasteiger partial charge in [-0.3, -0.25) is 9.59 Å². The number of amides is 2. The van der Waals surface area contributed by atoms with Gasteiger partial charge in [0, 0.05) is 18.8 Å². The first-order chi connectivity index (χ1) is 15.4. The highest BCUT2D eigenvalue weighted by molar-refractivity contribution is 7.15. The van der Waals surface area contributed by atoms with Crippen LogP contribution in [-0.4, -0.2) is 28.9 Å². The van der Waals surface area contributed by atoms with Crippen molar-refractivity contribution in [1.29, 1.82) is 0 Å². The lowest BCUT2D eigenvalue weighted by Gasteiger charge is -2.38. The molecule has 3 rings (SSSR count). The molecule has 2 aromatic carbocycles. The molecule has 0 spiro atoms. The largest absolute Gasteiger partial charge is 0.368 e. The quantitative estimate of drug-likeness (QED) is 0.440. The van der Waals surface area contributed by atoms with Crippen LogP contribution in [0.4, 0.5) is 0 Å². The van der Waals surface area contributed by atoms with E-state index in [-0.39, 0.29) is 31.2 Å². The average Bonchev–Trinajstić information content (AvgIpc) is 3.17. The second kappa shape index (κ2) is 10.5. The maximum absolute atomic E-state index is 13.0. The molecule has 0 aliphatic rings. The minimum Gasteiger partial charge on any atom is -0.368 e. The third-order valence-corrected chi connectivity index (χ3v) is 6.94. The maximum Gasteiger partial charge on any atom is 0.243 e. The van der Waals surface area contributed by atoms with Crippen LogP contribution in [0.2, 0.25) is 0 Å². The van der Waals surface area contributed by atoms with Crippen LogP contribution in [0.15, 0.2) is 60.7 Å². The van der Waals surface area contributed by atoms with E-state index in [1.807, 2.05) is 67.6 Å². The summed E-state index contributed by atoms with van der Waals surface area (Å²) in [4.78, 5) is 31.2. The van der Waals surface area contributed by atoms with Crippen LogP contribution >= 0.6 is 11.3 Å². The summed E-state index contributed by atoms with van der Waals surface area (Å²) in [6.45, 7) is 3.89. The van der Waals surface area contributed by atoms with Gasteiger partial charge in [-0.15, -0.1) is 11.3 Å². The molecule has 1 aromatic heterocycles. The van der Waals surface area contributed by atoms with Crippen molar-refractivity contribution in [2.75, 3.05) is 6.54 Å². The Balaban J connectivity index is 2.02. The molecule has 0 bridgehead atoms. The molecule has 5 N–H and O–H groups in total. The Labute approximate surface area is 193 Å². The molecule has 0 aliphatic heterocycles. The summed E-state index contributed by atoms with van der Waals surface area (Å²) in [7, 11) is 0. The fraction of sp³-hybridized carbons (Fsp3) is 0.320. The maximum atomic E-state index is 13.0. The third kappa shape index (κ3) is 5.23. The standard InChI is InChI=1S/C25H30N4O2S/c1-3-21(30)29-25(24(27)31,20(16-26)14-18-10-6-4-7-11-18)15-22-28-17(2)23(32-22)19-12-8-5-9-13-19/h4-13,20H,3,14-16,26H2,1-2H3,(H2,27,31)(H,29,30)/t20-,25?/m0/s1. The van der Waals surface area contributed by atoms with E-state index in [4.69, 9.17) is 16.5 Å². The van der Waals surface area contributed by atoms with Crippen LogP contribution in [0.5, 0.6) is 0 Å². The lowest BCUT2D eigenvalue weighted by atomic mass is 9.76. The Kier molecular flexibility index (Phi) is 7.77. The molecule has 168 valence electrons. The number of carbonyl (C=O) groups excluding carboxylic acids is 2. The van der Waals surface area contributed by atoms with Crippen LogP contribution in [0, 0.1) is 12.8 Å². The molecule has 0 fully saturated rings. The van der Waals surface area contributed by atoms with Crippen molar-refractivity contribution < 1.29 is 9.59 Å². The Morgan fingerprint density at radius 1 is 1.09 bits per heavy atom. The van der Waals surface area contributed by atoms with Gasteiger partial charge in [-0.05, 0) is 31.0 Å². The molecule has 3 aromatic rings. The molecule has 32 heavy (non-hydrogen) atoms. The van der Waals surface area contributed by atoms with Gasteiger partial charge in [0.05, 0.1) is 15.6 Å². The van der Waals surface area contributed by atoms with Crippen LogP contribution in [-0.2, 0) is 22.4 Å². The van der Waals surface area contributed by atoms with E-state index in [9.17, 15) is 9.59 Å². The van der Waals surface area contributed by atoms with Gasteiger partial charge in [0.25, 0.3) is 0 Å². The van der Waals surface area contributed by atoms with Crippen molar-refractivity contribution in [2.45, 2.75) is 38.6 Å². The number of thiazole rings is 1. The number of nitrogens with one attached hydrogen (secondary N) is 1. The van der Waals surface area contributed by atoms with Gasteiger partial charge in [0.2, 0.25) is 11.8 Å². The van der Waals surface area contributed by atoms with Crippen LogP contribution in [0.1, 0.15) is 29.6 Å². The van der Waals surface area contributed by atoms with Gasteiger partial charge in [0.15, 0.2) is 0 Å². The highest BCUT2D eigenvalue weighted by Gasteiger charge is 2.45. The van der Waals surface area contributed by atoms with Crippen molar-refractivity contribution >= 4 is 23.2 Å². The van der Waals surface area contributed by atoms with Crippen molar-refractivity contribution in [1.82, 2.24) is 10.3 Å². The van der Waals surface area contributed by atoms with E-state index < -0.39 is 11.4 Å². The summed E-state index contributed by atoms with van der Waals surface area (Å²) < 4.78 is 0. The molecule has 1 unspecified atom stereocenters. The molecule has 7 heteroatoms. The number of rotatable bonds is 10. The summed E-state index contributed by atoms with van der Waals surface area (Å²) in [6, 6.07) is 19.8. The zero-order valence-electron chi connectivity index (χ0n) is 18.5. The molecular weight excluding hydrogens is 420 g/mol. The van der Waals surface area contributed by atoms with E-state index in [1.165, 1.54) is 11.3 Å². The number of nitrogens with zero attached hydrogens (tertiary/aromatic N) is 1. The number of primary amides is 1. The lowest BCUT2D eigenvalue weighted by Crippen LogP contribution is -2.65. The Morgan fingerprint density at radius 3 is 2.28 bits per heavy atom. The zero-order chi connectivity index (χ0) is 23.1. The molecule has 0 saturated heterocycles. The molecule has 0 saturated carbocycles. The third-order valence-electron chi connectivity index (χ3n) is 5.74. The summed E-state index contributed by atoms with van der Waals surface area (Å²) in [6.07, 6.45) is 0.950. The summed E-state index contributed by atoms with van der Waals surface area (Å²) in [5, 5.41) is 3.68. The minimum absolute atomic E-state index is 0.192. The Morgan fingerprint density at radius 2 is 1.72 bits per heavy atom. The van der Waals surface area contributed by atoms with Crippen molar-refractivity contribution in [3.8, 4) is 10.4 Å². The molecular formula is C25H30N4O2S. The lowest BCUT2D eigenvalue weighted by molar-refractivity contribution is -0.133. The molecule has 6 nitrogen and oxygen atoms in total. The zero-order valence-corrected chi connectivity index (χ0v) is 19.3. The number of aromatic nitrogens is 1. The van der Waals surface area contributed by atoms with Crippen molar-refractivity contribution in [3.05, 3.63) is 76.9 Å². The molecule has 1 heterocycles. The number of hydrogen-bond donors (Lipinski definition) is 3. The van der Waals surface area contributed by atoms with E-state index in [2.05, 4.69) is 5.32 Å². The van der Waals surface area contributed by atoms with Gasteiger partial charge in [-0.2, -0.15) is 0 Å². The summed E-state index contributed by atoms with van der Waals surface area (Å²) >= 11 is 1.51. The van der Waals surface area contributed by atoms with E-state index in [0.717, 1.165) is 26.7 Å². The number of aryl methyl sites for hydroxylation is 1. The minimum atomic E-state index is -1.34.